The summed E-state index contributed by atoms with van der Waals surface area (Å²) >= 11 is 5.28. The maximum atomic E-state index is 5.24. The molecule has 19 heavy (non-hydrogen) atoms. The molecule has 0 bridgehead atoms. The van der Waals surface area contributed by atoms with Gasteiger partial charge in [0.1, 0.15) is 0 Å². The van der Waals surface area contributed by atoms with Crippen molar-refractivity contribution in [3.05, 3.63) is 44.3 Å². The van der Waals surface area contributed by atoms with Crippen LogP contribution < -0.4 is 5.32 Å². The maximum absolute atomic E-state index is 5.24. The lowest BCUT2D eigenvalue weighted by Gasteiger charge is -2.13. The molecule has 0 radical (unpaired) electrons. The second-order valence-corrected chi connectivity index (χ2v) is 6.03. The fraction of sp³-hybridized carbons (Fsp3) is 0.357. The van der Waals surface area contributed by atoms with Crippen LogP contribution in [0.2, 0.25) is 0 Å². The highest BCUT2D eigenvalue weighted by molar-refractivity contribution is 9.10. The molecule has 5 heteroatoms. The molecular weight excluding hydrogens is 324 g/mol. The van der Waals surface area contributed by atoms with Gasteiger partial charge in [-0.3, -0.25) is 0 Å². The Labute approximate surface area is 126 Å². The average Bonchev–Trinajstić information content (AvgIpc) is 2.79. The number of halogens is 1. The van der Waals surface area contributed by atoms with Crippen LogP contribution in [0.15, 0.2) is 28.2 Å². The van der Waals surface area contributed by atoms with Crippen molar-refractivity contribution < 1.29 is 4.74 Å². The van der Waals surface area contributed by atoms with Crippen molar-refractivity contribution in [1.29, 1.82) is 0 Å². The van der Waals surface area contributed by atoms with Crippen LogP contribution in [0.5, 0.6) is 0 Å². The SMILES string of the molecule is COCc1c(Br)cccc1NCCc1scnc1C. The Morgan fingerprint density at radius 1 is 1.42 bits per heavy atom. The molecule has 0 aliphatic rings. The van der Waals surface area contributed by atoms with Gasteiger partial charge in [-0.2, -0.15) is 0 Å². The first-order valence-corrected chi connectivity index (χ1v) is 7.78. The third-order valence-corrected chi connectivity index (χ3v) is 4.66. The van der Waals surface area contributed by atoms with Crippen LogP contribution in [0.3, 0.4) is 0 Å². The van der Waals surface area contributed by atoms with E-state index in [1.807, 2.05) is 17.6 Å². The number of aromatic nitrogens is 1. The first kappa shape index (κ1) is 14.5. The zero-order valence-corrected chi connectivity index (χ0v) is 13.5. The average molecular weight is 341 g/mol. The minimum Gasteiger partial charge on any atom is -0.384 e. The summed E-state index contributed by atoms with van der Waals surface area (Å²) in [5, 5.41) is 3.47. The van der Waals surface area contributed by atoms with Crippen LogP contribution >= 0.6 is 27.3 Å². The number of thiazole rings is 1. The normalized spacial score (nSPS) is 10.7. The first-order valence-electron chi connectivity index (χ1n) is 6.11. The molecule has 2 aromatic rings. The van der Waals surface area contributed by atoms with Crippen LogP contribution in [-0.2, 0) is 17.8 Å². The maximum Gasteiger partial charge on any atom is 0.0797 e. The highest BCUT2D eigenvalue weighted by Crippen LogP contribution is 2.25. The van der Waals surface area contributed by atoms with Gasteiger partial charge in [0.2, 0.25) is 0 Å². The van der Waals surface area contributed by atoms with Crippen molar-refractivity contribution in [1.82, 2.24) is 4.98 Å². The minimum absolute atomic E-state index is 0.601. The summed E-state index contributed by atoms with van der Waals surface area (Å²) in [5.41, 5.74) is 5.32. The predicted octanol–water partition coefficient (Wildman–Crippen LogP) is 4.02. The van der Waals surface area contributed by atoms with Crippen LogP contribution in [-0.4, -0.2) is 18.6 Å². The molecule has 0 unspecified atom stereocenters. The molecule has 0 aliphatic carbocycles. The van der Waals surface area contributed by atoms with Crippen molar-refractivity contribution in [3.8, 4) is 0 Å². The highest BCUT2D eigenvalue weighted by atomic mass is 79.9. The van der Waals surface area contributed by atoms with Gasteiger partial charge in [-0.1, -0.05) is 22.0 Å². The molecule has 0 spiro atoms. The molecule has 0 fully saturated rings. The quantitative estimate of drug-likeness (QED) is 0.862. The van der Waals surface area contributed by atoms with Crippen molar-refractivity contribution in [3.63, 3.8) is 0 Å². The van der Waals surface area contributed by atoms with Crippen molar-refractivity contribution >= 4 is 33.0 Å². The Hall–Kier alpha value is -0.910. The molecule has 0 saturated carbocycles. The molecule has 0 aliphatic heterocycles. The van der Waals surface area contributed by atoms with E-state index in [1.165, 1.54) is 4.88 Å². The molecule has 1 N–H and O–H groups in total. The van der Waals surface area contributed by atoms with Crippen LogP contribution in [0, 0.1) is 6.92 Å². The van der Waals surface area contributed by atoms with E-state index in [1.54, 1.807) is 18.4 Å². The van der Waals surface area contributed by atoms with Gasteiger partial charge >= 0.3 is 0 Å². The number of ether oxygens (including phenoxy) is 1. The number of hydrogen-bond donors (Lipinski definition) is 1. The van der Waals surface area contributed by atoms with Gasteiger partial charge in [-0.25, -0.2) is 4.98 Å². The third kappa shape index (κ3) is 3.78. The molecule has 1 heterocycles. The summed E-state index contributed by atoms with van der Waals surface area (Å²) < 4.78 is 6.32. The van der Waals surface area contributed by atoms with Crippen molar-refractivity contribution in [2.75, 3.05) is 19.0 Å². The molecule has 2 rings (SSSR count). The molecule has 0 atom stereocenters. The number of hydrogen-bond acceptors (Lipinski definition) is 4. The number of nitrogens with zero attached hydrogens (tertiary/aromatic N) is 1. The lowest BCUT2D eigenvalue weighted by molar-refractivity contribution is 0.185. The molecule has 102 valence electrons. The number of benzene rings is 1. The van der Waals surface area contributed by atoms with Gasteiger partial charge in [0.05, 0.1) is 17.8 Å². The summed E-state index contributed by atoms with van der Waals surface area (Å²) in [6, 6.07) is 6.15. The van der Waals surface area contributed by atoms with E-state index >= 15 is 0 Å². The monoisotopic (exact) mass is 340 g/mol. The van der Waals surface area contributed by atoms with Crippen LogP contribution in [0.4, 0.5) is 5.69 Å². The molecule has 1 aromatic heterocycles. The smallest absolute Gasteiger partial charge is 0.0797 e. The summed E-state index contributed by atoms with van der Waals surface area (Å²) in [5.74, 6) is 0. The number of nitrogens with one attached hydrogen (secondary N) is 1. The van der Waals surface area contributed by atoms with Gasteiger partial charge < -0.3 is 10.1 Å². The second-order valence-electron chi connectivity index (χ2n) is 4.24. The van der Waals surface area contributed by atoms with E-state index in [0.717, 1.165) is 34.4 Å². The van der Waals surface area contributed by atoms with Crippen LogP contribution in [0.25, 0.3) is 0 Å². The van der Waals surface area contributed by atoms with Gasteiger partial charge in [0, 0.05) is 40.7 Å². The fourth-order valence-corrected chi connectivity index (χ4v) is 3.15. The largest absolute Gasteiger partial charge is 0.384 e. The zero-order chi connectivity index (χ0) is 13.7. The highest BCUT2D eigenvalue weighted by Gasteiger charge is 2.07. The first-order chi connectivity index (χ1) is 9.22. The number of rotatable bonds is 6. The zero-order valence-electron chi connectivity index (χ0n) is 11.1. The van der Waals surface area contributed by atoms with Gasteiger partial charge in [0.25, 0.3) is 0 Å². The minimum atomic E-state index is 0.601. The Bertz CT molecular complexity index is 542. The second kappa shape index (κ2) is 7.03. The summed E-state index contributed by atoms with van der Waals surface area (Å²) in [7, 11) is 1.71. The third-order valence-electron chi connectivity index (χ3n) is 2.92. The molecule has 0 saturated heterocycles. The number of anilines is 1. The lowest BCUT2D eigenvalue weighted by atomic mass is 10.2. The summed E-state index contributed by atoms with van der Waals surface area (Å²) in [6.45, 7) is 3.56. The summed E-state index contributed by atoms with van der Waals surface area (Å²) in [4.78, 5) is 5.61. The number of methoxy groups -OCH3 is 1. The Morgan fingerprint density at radius 3 is 2.95 bits per heavy atom. The molecule has 3 nitrogen and oxygen atoms in total. The van der Waals surface area contributed by atoms with Gasteiger partial charge in [-0.05, 0) is 19.1 Å². The fourth-order valence-electron chi connectivity index (χ4n) is 1.89. The molecular formula is C14H17BrN2OS. The van der Waals surface area contributed by atoms with E-state index < -0.39 is 0 Å². The Balaban J connectivity index is 1.99. The summed E-state index contributed by atoms with van der Waals surface area (Å²) in [6.07, 6.45) is 0.995. The predicted molar refractivity (Wildman–Crippen MR) is 83.9 cm³/mol. The van der Waals surface area contributed by atoms with E-state index in [4.69, 9.17) is 4.74 Å². The van der Waals surface area contributed by atoms with E-state index in [9.17, 15) is 0 Å². The van der Waals surface area contributed by atoms with Crippen molar-refractivity contribution in [2.45, 2.75) is 20.0 Å². The Morgan fingerprint density at radius 2 is 2.26 bits per heavy atom. The Kier molecular flexibility index (Phi) is 5.36. The molecule has 0 amide bonds. The van der Waals surface area contributed by atoms with Gasteiger partial charge in [0.15, 0.2) is 0 Å². The lowest BCUT2D eigenvalue weighted by Crippen LogP contribution is -2.07. The van der Waals surface area contributed by atoms with E-state index in [0.29, 0.717) is 6.61 Å². The standard InChI is InChI=1S/C14H17BrN2OS/c1-10-14(19-9-17-10)6-7-16-13-5-3-4-12(15)11(13)8-18-2/h3-5,9,16H,6-8H2,1-2H3. The van der Waals surface area contributed by atoms with Crippen LogP contribution in [0.1, 0.15) is 16.1 Å². The van der Waals surface area contributed by atoms with E-state index in [-0.39, 0.29) is 0 Å². The van der Waals surface area contributed by atoms with Crippen molar-refractivity contribution in [2.24, 2.45) is 0 Å². The number of aryl methyl sites for hydroxylation is 1. The van der Waals surface area contributed by atoms with E-state index in [2.05, 4.69) is 39.2 Å². The molecule has 1 aromatic carbocycles. The topological polar surface area (TPSA) is 34.1 Å². The van der Waals surface area contributed by atoms with Gasteiger partial charge in [-0.15, -0.1) is 11.3 Å².